The molecule has 0 spiro atoms. The zero-order chi connectivity index (χ0) is 34.3. The van der Waals surface area contributed by atoms with E-state index in [1.807, 2.05) is 91.0 Å². The smallest absolute Gasteiger partial charge is 0.334 e. The van der Waals surface area contributed by atoms with Gasteiger partial charge in [0.25, 0.3) is 5.91 Å². The molecule has 6 rings (SSSR count). The van der Waals surface area contributed by atoms with Crippen molar-refractivity contribution in [3.8, 4) is 0 Å². The number of esters is 1. The molecule has 1 fully saturated rings. The van der Waals surface area contributed by atoms with Crippen LogP contribution in [0.25, 0.3) is 0 Å². The van der Waals surface area contributed by atoms with E-state index < -0.39 is 47.3 Å². The minimum absolute atomic E-state index is 0.0230. The van der Waals surface area contributed by atoms with Crippen LogP contribution in [0.4, 0.5) is 0 Å². The minimum Gasteiger partial charge on any atom is -0.451 e. The van der Waals surface area contributed by atoms with Crippen molar-refractivity contribution in [2.45, 2.75) is 35.1 Å². The van der Waals surface area contributed by atoms with E-state index in [0.29, 0.717) is 26.1 Å². The van der Waals surface area contributed by atoms with Crippen molar-refractivity contribution in [2.75, 3.05) is 5.75 Å². The van der Waals surface area contributed by atoms with Crippen LogP contribution in [-0.4, -0.2) is 51.8 Å². The third-order valence-corrected chi connectivity index (χ3v) is 10.6. The second kappa shape index (κ2) is 16.0. The molecule has 1 saturated heterocycles. The fraction of sp³-hybridized carbons (Fsp3) is 0.167. The Hall–Kier alpha value is -4.26. The zero-order valence-corrected chi connectivity index (χ0v) is 28.8. The van der Waals surface area contributed by atoms with E-state index in [9.17, 15) is 19.2 Å². The van der Waals surface area contributed by atoms with Crippen molar-refractivity contribution in [1.29, 1.82) is 0 Å². The fourth-order valence-electron chi connectivity index (χ4n) is 5.34. The Morgan fingerprint density at radius 3 is 2.16 bits per heavy atom. The molecule has 3 atom stereocenters. The predicted octanol–water partition coefficient (Wildman–Crippen LogP) is 6.32. The average Bonchev–Trinajstić information content (AvgIpc) is 3.13. The molecule has 49 heavy (non-hydrogen) atoms. The van der Waals surface area contributed by atoms with Crippen LogP contribution in [0.5, 0.6) is 0 Å². The molecule has 2 unspecified atom stereocenters. The number of carbonyl (C=O) groups is 4. The molecular weight excluding hydrogens is 705 g/mol. The van der Waals surface area contributed by atoms with Gasteiger partial charge in [0, 0.05) is 9.92 Å². The summed E-state index contributed by atoms with van der Waals surface area (Å²) in [6, 6.07) is 30.2. The van der Waals surface area contributed by atoms with E-state index in [-0.39, 0.29) is 17.9 Å². The number of benzene rings is 4. The minimum atomic E-state index is -1.40. The van der Waals surface area contributed by atoms with Gasteiger partial charge in [-0.15, -0.1) is 23.5 Å². The maximum absolute atomic E-state index is 14.1. The first-order valence-electron chi connectivity index (χ1n) is 15.1. The first kappa shape index (κ1) is 34.6. The number of nitrogens with zero attached hydrogens (tertiary/aromatic N) is 1. The van der Waals surface area contributed by atoms with E-state index in [2.05, 4.69) is 10.8 Å². The van der Waals surface area contributed by atoms with Gasteiger partial charge in [0.05, 0.1) is 23.0 Å². The lowest BCUT2D eigenvalue weighted by Crippen LogP contribution is -2.74. The second-order valence-corrected chi connectivity index (χ2v) is 13.9. The van der Waals surface area contributed by atoms with Crippen LogP contribution in [0.15, 0.2) is 125 Å². The van der Waals surface area contributed by atoms with Gasteiger partial charge in [0.2, 0.25) is 11.8 Å². The highest BCUT2D eigenvalue weighted by Gasteiger charge is 2.57. The highest BCUT2D eigenvalue weighted by atomic mass is 35.5. The zero-order valence-electron chi connectivity index (χ0n) is 25.7. The molecule has 4 aromatic carbocycles. The molecule has 2 aliphatic heterocycles. The maximum atomic E-state index is 14.1. The molecule has 0 aromatic heterocycles. The molecule has 2 aliphatic rings. The quantitative estimate of drug-likeness (QED) is 0.0753. The summed E-state index contributed by atoms with van der Waals surface area (Å²) in [5.41, 5.74) is 4.62. The lowest BCUT2D eigenvalue weighted by Gasteiger charge is -2.51. The molecule has 2 heterocycles. The van der Waals surface area contributed by atoms with E-state index in [1.165, 1.54) is 22.1 Å². The van der Waals surface area contributed by atoms with Crippen molar-refractivity contribution in [1.82, 2.24) is 15.7 Å². The normalized spacial score (nSPS) is 18.2. The topological polar surface area (TPSA) is 114 Å². The van der Waals surface area contributed by atoms with Gasteiger partial charge >= 0.3 is 5.97 Å². The van der Waals surface area contributed by atoms with Gasteiger partial charge in [0.1, 0.15) is 11.4 Å². The van der Waals surface area contributed by atoms with E-state index in [0.717, 1.165) is 17.3 Å². The SMILES string of the molecule is O=C(CSc1cc(Cl)ccc1Cl)NC1C(=O)N2C(C(=O)OC(c3ccccc3)c3ccccc3)C(C(=O)NOCc3ccccc3)=CS[C@@H]12. The standard InChI is InChI=1S/C36H29Cl2N3O6S2/c37-25-16-17-27(38)28(18-25)48-21-29(42)39-30-34(44)41-31(26(20-49-35(30)41)33(43)40-46-19-22-10-4-1-5-11-22)36(45)47-32(23-12-6-2-7-13-23)24-14-8-3-9-15-24/h1-18,20,30-32,35H,19,21H2,(H,39,42)(H,40,43)/t30?,31?,35-/m0/s1. The molecule has 13 heteroatoms. The molecule has 9 nitrogen and oxygen atoms in total. The molecule has 0 radical (unpaired) electrons. The lowest BCUT2D eigenvalue weighted by molar-refractivity contribution is -0.166. The fourth-order valence-corrected chi connectivity index (χ4v) is 7.87. The number of carbonyl (C=O) groups excluding carboxylic acids is 4. The van der Waals surface area contributed by atoms with Crippen molar-refractivity contribution in [3.63, 3.8) is 0 Å². The van der Waals surface area contributed by atoms with Crippen LogP contribution in [0.3, 0.4) is 0 Å². The third-order valence-electron chi connectivity index (χ3n) is 7.73. The van der Waals surface area contributed by atoms with Crippen molar-refractivity contribution in [3.05, 3.63) is 147 Å². The summed E-state index contributed by atoms with van der Waals surface area (Å²) < 4.78 is 6.12. The summed E-state index contributed by atoms with van der Waals surface area (Å²) in [6.45, 7) is 0.0873. The van der Waals surface area contributed by atoms with Crippen LogP contribution in [0.1, 0.15) is 22.8 Å². The Kier molecular flexibility index (Phi) is 11.3. The number of hydrogen-bond acceptors (Lipinski definition) is 8. The Labute approximate surface area is 301 Å². The molecule has 0 aliphatic carbocycles. The first-order chi connectivity index (χ1) is 23.8. The molecule has 0 bridgehead atoms. The number of hydroxylamine groups is 1. The van der Waals surface area contributed by atoms with Gasteiger partial charge in [-0.05, 0) is 40.3 Å². The first-order valence-corrected chi connectivity index (χ1v) is 17.8. The number of fused-ring (bicyclic) bond motifs is 1. The van der Waals surface area contributed by atoms with E-state index in [1.54, 1.807) is 18.2 Å². The summed E-state index contributed by atoms with van der Waals surface area (Å²) in [5, 5.41) is 4.54. The van der Waals surface area contributed by atoms with Crippen LogP contribution >= 0.6 is 46.7 Å². The molecule has 4 aromatic rings. The highest BCUT2D eigenvalue weighted by Crippen LogP contribution is 2.41. The summed E-state index contributed by atoms with van der Waals surface area (Å²) in [4.78, 5) is 61.6. The number of halogens is 2. The summed E-state index contributed by atoms with van der Waals surface area (Å²) in [7, 11) is 0. The Morgan fingerprint density at radius 2 is 1.51 bits per heavy atom. The van der Waals surface area contributed by atoms with Gasteiger partial charge < -0.3 is 15.0 Å². The van der Waals surface area contributed by atoms with E-state index in [4.69, 9.17) is 32.8 Å². The van der Waals surface area contributed by atoms with E-state index >= 15 is 0 Å². The Bertz CT molecular complexity index is 1830. The van der Waals surface area contributed by atoms with Crippen LogP contribution in [0, 0.1) is 0 Å². The Morgan fingerprint density at radius 1 is 0.878 bits per heavy atom. The van der Waals surface area contributed by atoms with Gasteiger partial charge in [-0.1, -0.05) is 114 Å². The van der Waals surface area contributed by atoms with Crippen molar-refractivity contribution < 1.29 is 28.8 Å². The van der Waals surface area contributed by atoms with Gasteiger partial charge in [0.15, 0.2) is 12.1 Å². The second-order valence-electron chi connectivity index (χ2n) is 11.0. The molecule has 2 N–H and O–H groups in total. The largest absolute Gasteiger partial charge is 0.451 e. The predicted molar refractivity (Wildman–Crippen MR) is 189 cm³/mol. The molecule has 0 saturated carbocycles. The maximum Gasteiger partial charge on any atom is 0.334 e. The molecule has 250 valence electrons. The highest BCUT2D eigenvalue weighted by molar-refractivity contribution is 8.03. The number of hydrogen-bond donors (Lipinski definition) is 2. The van der Waals surface area contributed by atoms with Crippen molar-refractivity contribution >= 4 is 70.4 Å². The number of amides is 3. The van der Waals surface area contributed by atoms with Crippen LogP contribution in [0.2, 0.25) is 10.0 Å². The summed E-state index contributed by atoms with van der Waals surface area (Å²) in [5.74, 6) is -2.47. The van der Waals surface area contributed by atoms with Crippen molar-refractivity contribution in [2.24, 2.45) is 0 Å². The lowest BCUT2D eigenvalue weighted by atomic mass is 9.97. The molecule has 3 amide bonds. The number of rotatable bonds is 12. The van der Waals surface area contributed by atoms with Gasteiger partial charge in [-0.3, -0.25) is 19.2 Å². The van der Waals surface area contributed by atoms with Gasteiger partial charge in [-0.2, -0.15) is 0 Å². The number of nitrogens with one attached hydrogen (secondary N) is 2. The average molecular weight is 735 g/mol. The monoisotopic (exact) mass is 733 g/mol. The Balaban J connectivity index is 1.21. The number of β-lactam (4-membered cyclic amide) rings is 1. The number of ether oxygens (including phenoxy) is 1. The third kappa shape index (κ3) is 8.14. The molecular formula is C36H29Cl2N3O6S2. The van der Waals surface area contributed by atoms with Gasteiger partial charge in [-0.25, -0.2) is 10.3 Å². The summed E-state index contributed by atoms with van der Waals surface area (Å²) >= 11 is 14.6. The van der Waals surface area contributed by atoms with Crippen LogP contribution in [-0.2, 0) is 35.4 Å². The number of thioether (sulfide) groups is 2. The van der Waals surface area contributed by atoms with Crippen LogP contribution < -0.4 is 10.8 Å². The summed E-state index contributed by atoms with van der Waals surface area (Å²) in [6.07, 6.45) is -0.816.